The van der Waals surface area contributed by atoms with E-state index in [4.69, 9.17) is 5.11 Å². The lowest BCUT2D eigenvalue weighted by Gasteiger charge is -2.25. The second-order valence-corrected chi connectivity index (χ2v) is 5.66. The van der Waals surface area contributed by atoms with Gasteiger partial charge in [0.1, 0.15) is 0 Å². The van der Waals surface area contributed by atoms with Gasteiger partial charge in [-0.05, 0) is 30.2 Å². The second kappa shape index (κ2) is 7.03. The predicted octanol–water partition coefficient (Wildman–Crippen LogP) is 4.01. The van der Waals surface area contributed by atoms with Gasteiger partial charge in [-0.2, -0.15) is 13.2 Å². The Kier molecular flexibility index (Phi) is 4.79. The smallest absolute Gasteiger partial charge is 0.416 e. The SMILES string of the molecule is O=C(O)N1CC=C(c2ccc(C(F)(F)F)cc2Nc2ncccn2)CC1. The molecule has 0 atom stereocenters. The molecule has 1 amide bonds. The van der Waals surface area contributed by atoms with Crippen molar-refractivity contribution in [1.29, 1.82) is 0 Å². The van der Waals surface area contributed by atoms with Crippen LogP contribution in [0.25, 0.3) is 5.57 Å². The summed E-state index contributed by atoms with van der Waals surface area (Å²) in [6.07, 6.45) is -0.434. The average molecular weight is 364 g/mol. The van der Waals surface area contributed by atoms with Gasteiger partial charge in [0, 0.05) is 36.7 Å². The molecule has 0 radical (unpaired) electrons. The van der Waals surface area contributed by atoms with E-state index in [1.807, 2.05) is 0 Å². The van der Waals surface area contributed by atoms with Crippen LogP contribution in [0.3, 0.4) is 0 Å². The highest BCUT2D eigenvalue weighted by atomic mass is 19.4. The number of rotatable bonds is 3. The normalized spacial score (nSPS) is 14.7. The van der Waals surface area contributed by atoms with E-state index < -0.39 is 17.8 Å². The zero-order valence-corrected chi connectivity index (χ0v) is 13.5. The highest BCUT2D eigenvalue weighted by molar-refractivity contribution is 5.80. The number of hydrogen-bond donors (Lipinski definition) is 2. The number of anilines is 2. The summed E-state index contributed by atoms with van der Waals surface area (Å²) in [6, 6.07) is 5.01. The average Bonchev–Trinajstić information content (AvgIpc) is 2.62. The van der Waals surface area contributed by atoms with Crippen LogP contribution in [0.4, 0.5) is 29.6 Å². The number of amides is 1. The molecule has 0 saturated heterocycles. The van der Waals surface area contributed by atoms with Crippen molar-refractivity contribution in [3.8, 4) is 0 Å². The van der Waals surface area contributed by atoms with Crippen molar-refractivity contribution in [2.75, 3.05) is 18.4 Å². The summed E-state index contributed by atoms with van der Waals surface area (Å²) in [4.78, 5) is 20.2. The van der Waals surface area contributed by atoms with E-state index in [1.54, 1.807) is 12.1 Å². The van der Waals surface area contributed by atoms with E-state index in [2.05, 4.69) is 15.3 Å². The molecule has 1 aliphatic rings. The Hall–Kier alpha value is -3.10. The quantitative estimate of drug-likeness (QED) is 0.861. The monoisotopic (exact) mass is 364 g/mol. The van der Waals surface area contributed by atoms with Crippen LogP contribution >= 0.6 is 0 Å². The Morgan fingerprint density at radius 1 is 1.23 bits per heavy atom. The molecule has 0 bridgehead atoms. The number of carbonyl (C=O) groups is 1. The third-order valence-electron chi connectivity index (χ3n) is 3.98. The molecule has 0 fully saturated rings. The second-order valence-electron chi connectivity index (χ2n) is 5.66. The van der Waals surface area contributed by atoms with Crippen molar-refractivity contribution in [2.45, 2.75) is 12.6 Å². The van der Waals surface area contributed by atoms with E-state index in [0.29, 0.717) is 12.0 Å². The van der Waals surface area contributed by atoms with Crippen molar-refractivity contribution in [3.63, 3.8) is 0 Å². The molecule has 9 heteroatoms. The van der Waals surface area contributed by atoms with Crippen molar-refractivity contribution < 1.29 is 23.1 Å². The van der Waals surface area contributed by atoms with E-state index in [9.17, 15) is 18.0 Å². The van der Waals surface area contributed by atoms with Crippen molar-refractivity contribution >= 4 is 23.3 Å². The third-order valence-corrected chi connectivity index (χ3v) is 3.98. The van der Waals surface area contributed by atoms with Gasteiger partial charge in [0.25, 0.3) is 0 Å². The Bertz CT molecular complexity index is 838. The Morgan fingerprint density at radius 2 is 1.96 bits per heavy atom. The fourth-order valence-electron chi connectivity index (χ4n) is 2.68. The molecule has 1 aromatic carbocycles. The maximum absolute atomic E-state index is 13.1. The molecular weight excluding hydrogens is 349 g/mol. The van der Waals surface area contributed by atoms with Gasteiger partial charge in [0.05, 0.1) is 5.56 Å². The lowest BCUT2D eigenvalue weighted by Crippen LogP contribution is -2.33. The van der Waals surface area contributed by atoms with Crippen LogP contribution in [0.2, 0.25) is 0 Å². The molecule has 1 aliphatic heterocycles. The van der Waals surface area contributed by atoms with Crippen LogP contribution in [0.15, 0.2) is 42.7 Å². The number of benzene rings is 1. The van der Waals surface area contributed by atoms with Gasteiger partial charge < -0.3 is 15.3 Å². The van der Waals surface area contributed by atoms with Crippen molar-refractivity contribution in [3.05, 3.63) is 53.9 Å². The van der Waals surface area contributed by atoms with Crippen LogP contribution in [-0.4, -0.2) is 39.2 Å². The lowest BCUT2D eigenvalue weighted by molar-refractivity contribution is -0.137. The minimum atomic E-state index is -4.48. The van der Waals surface area contributed by atoms with Gasteiger partial charge in [-0.25, -0.2) is 14.8 Å². The first-order valence-corrected chi connectivity index (χ1v) is 7.77. The van der Waals surface area contributed by atoms with Crippen molar-refractivity contribution in [1.82, 2.24) is 14.9 Å². The molecule has 26 heavy (non-hydrogen) atoms. The number of halogens is 3. The molecule has 3 rings (SSSR count). The standard InChI is InChI=1S/C17H15F3N4O2/c18-17(19,20)12-2-3-13(11-4-8-24(9-5-11)16(25)26)14(10-12)23-15-21-6-1-7-22-15/h1-4,6-7,10H,5,8-9H2,(H,25,26)(H,21,22,23). The Labute approximate surface area is 147 Å². The molecule has 0 aliphatic carbocycles. The van der Waals surface area contributed by atoms with Crippen LogP contribution in [0, 0.1) is 0 Å². The predicted molar refractivity (Wildman–Crippen MR) is 89.0 cm³/mol. The van der Waals surface area contributed by atoms with Crippen LogP contribution in [0.1, 0.15) is 17.5 Å². The molecular formula is C17H15F3N4O2. The summed E-state index contributed by atoms with van der Waals surface area (Å²) in [5, 5.41) is 11.8. The zero-order chi connectivity index (χ0) is 18.7. The fourth-order valence-corrected chi connectivity index (χ4v) is 2.68. The molecule has 1 aromatic heterocycles. The molecule has 136 valence electrons. The molecule has 6 nitrogen and oxygen atoms in total. The van der Waals surface area contributed by atoms with Gasteiger partial charge in [-0.3, -0.25) is 0 Å². The van der Waals surface area contributed by atoms with E-state index in [1.165, 1.54) is 23.4 Å². The van der Waals surface area contributed by atoms with Gasteiger partial charge in [0.2, 0.25) is 5.95 Å². The van der Waals surface area contributed by atoms with Crippen LogP contribution in [-0.2, 0) is 6.18 Å². The lowest BCUT2D eigenvalue weighted by atomic mass is 9.96. The number of nitrogens with one attached hydrogen (secondary N) is 1. The van der Waals surface area contributed by atoms with E-state index in [0.717, 1.165) is 17.7 Å². The minimum Gasteiger partial charge on any atom is -0.465 e. The first kappa shape index (κ1) is 17.7. The summed E-state index contributed by atoms with van der Waals surface area (Å²) in [7, 11) is 0. The number of carboxylic acid groups (broad SMARTS) is 1. The van der Waals surface area contributed by atoms with Crippen LogP contribution in [0.5, 0.6) is 0 Å². The maximum atomic E-state index is 13.1. The number of hydrogen-bond acceptors (Lipinski definition) is 4. The molecule has 2 N–H and O–H groups in total. The molecule has 0 unspecified atom stereocenters. The van der Waals surface area contributed by atoms with E-state index >= 15 is 0 Å². The maximum Gasteiger partial charge on any atom is 0.416 e. The van der Waals surface area contributed by atoms with Gasteiger partial charge in [0.15, 0.2) is 0 Å². The number of aromatic nitrogens is 2. The largest absolute Gasteiger partial charge is 0.465 e. The zero-order valence-electron chi connectivity index (χ0n) is 13.5. The molecule has 0 spiro atoms. The highest BCUT2D eigenvalue weighted by Gasteiger charge is 2.31. The van der Waals surface area contributed by atoms with Gasteiger partial charge in [-0.1, -0.05) is 12.1 Å². The summed E-state index contributed by atoms with van der Waals surface area (Å²) >= 11 is 0. The summed E-state index contributed by atoms with van der Waals surface area (Å²) in [5.41, 5.74) is 0.773. The molecule has 0 saturated carbocycles. The highest BCUT2D eigenvalue weighted by Crippen LogP contribution is 2.36. The number of nitrogens with zero attached hydrogens (tertiary/aromatic N) is 3. The molecule has 2 aromatic rings. The first-order chi connectivity index (χ1) is 12.3. The topological polar surface area (TPSA) is 78.4 Å². The Balaban J connectivity index is 1.97. The number of alkyl halides is 3. The molecule has 2 heterocycles. The third kappa shape index (κ3) is 3.93. The first-order valence-electron chi connectivity index (χ1n) is 7.77. The summed E-state index contributed by atoms with van der Waals surface area (Å²) in [5.74, 6) is 0.177. The Morgan fingerprint density at radius 3 is 2.54 bits per heavy atom. The van der Waals surface area contributed by atoms with E-state index in [-0.39, 0.29) is 24.7 Å². The van der Waals surface area contributed by atoms with Gasteiger partial charge in [-0.15, -0.1) is 0 Å². The van der Waals surface area contributed by atoms with Crippen molar-refractivity contribution in [2.24, 2.45) is 0 Å². The van der Waals surface area contributed by atoms with Crippen LogP contribution < -0.4 is 5.32 Å². The summed E-state index contributed by atoms with van der Waals surface area (Å²) < 4.78 is 39.2. The fraction of sp³-hybridized carbons (Fsp3) is 0.235. The van der Waals surface area contributed by atoms with Gasteiger partial charge >= 0.3 is 12.3 Å². The minimum absolute atomic E-state index is 0.177. The summed E-state index contributed by atoms with van der Waals surface area (Å²) in [6.45, 7) is 0.469.